The second kappa shape index (κ2) is 5.85. The second-order valence-corrected chi connectivity index (χ2v) is 4.72. The molecule has 2 aromatic rings. The van der Waals surface area contributed by atoms with Crippen LogP contribution >= 0.6 is 11.6 Å². The number of hydrogen-bond donors (Lipinski definition) is 2. The molecular formula is C14H15ClN2O. The van der Waals surface area contributed by atoms with E-state index in [-0.39, 0.29) is 0 Å². The van der Waals surface area contributed by atoms with Crippen LogP contribution in [0, 0.1) is 0 Å². The molecule has 0 aliphatic rings. The smallest absolute Gasteiger partial charge is 0.123 e. The van der Waals surface area contributed by atoms with Crippen molar-refractivity contribution in [2.75, 3.05) is 5.73 Å². The number of nitrogens with zero attached hydrogens (tertiary/aromatic N) is 1. The lowest BCUT2D eigenvalue weighted by Crippen LogP contribution is -2.14. The summed E-state index contributed by atoms with van der Waals surface area (Å²) in [5.74, 6) is 0.474. The molecule has 0 aliphatic heterocycles. The van der Waals surface area contributed by atoms with Crippen LogP contribution in [0.4, 0.5) is 5.82 Å². The number of rotatable bonds is 4. The minimum Gasteiger partial charge on any atom is -0.392 e. The topological polar surface area (TPSA) is 59.1 Å². The lowest BCUT2D eigenvalue weighted by Gasteiger charge is -2.11. The van der Waals surface area contributed by atoms with Crippen molar-refractivity contribution in [2.45, 2.75) is 18.9 Å². The molecule has 0 spiro atoms. The Kier molecular flexibility index (Phi) is 4.18. The van der Waals surface area contributed by atoms with E-state index in [9.17, 15) is 5.11 Å². The van der Waals surface area contributed by atoms with Gasteiger partial charge in [-0.1, -0.05) is 23.7 Å². The molecule has 0 aliphatic carbocycles. The first-order valence-corrected chi connectivity index (χ1v) is 6.14. The predicted molar refractivity (Wildman–Crippen MR) is 73.5 cm³/mol. The summed E-state index contributed by atoms with van der Waals surface area (Å²) < 4.78 is 0. The Morgan fingerprint density at radius 3 is 2.56 bits per heavy atom. The highest BCUT2D eigenvalue weighted by molar-refractivity contribution is 6.30. The van der Waals surface area contributed by atoms with Crippen LogP contribution in [0.25, 0.3) is 0 Å². The van der Waals surface area contributed by atoms with Gasteiger partial charge in [0.2, 0.25) is 0 Å². The summed E-state index contributed by atoms with van der Waals surface area (Å²) in [6.45, 7) is 0. The summed E-state index contributed by atoms with van der Waals surface area (Å²) in [7, 11) is 0. The standard InChI is InChI=1S/C14H15ClN2O/c15-12-3-1-2-10(6-12)7-13(18)8-11-4-5-17-14(16)9-11/h1-6,9,13,18H,7-8H2,(H2,16,17). The van der Waals surface area contributed by atoms with Crippen molar-refractivity contribution in [1.29, 1.82) is 0 Å². The van der Waals surface area contributed by atoms with E-state index in [1.807, 2.05) is 30.3 Å². The van der Waals surface area contributed by atoms with E-state index in [2.05, 4.69) is 4.98 Å². The fraction of sp³-hybridized carbons (Fsp3) is 0.214. The Labute approximate surface area is 111 Å². The Morgan fingerprint density at radius 2 is 1.89 bits per heavy atom. The average Bonchev–Trinajstić information content (AvgIpc) is 2.28. The zero-order chi connectivity index (χ0) is 13.0. The van der Waals surface area contributed by atoms with Gasteiger partial charge in [0.1, 0.15) is 5.82 Å². The first-order chi connectivity index (χ1) is 8.63. The highest BCUT2D eigenvalue weighted by Crippen LogP contribution is 2.14. The van der Waals surface area contributed by atoms with Crippen LogP contribution in [0.1, 0.15) is 11.1 Å². The van der Waals surface area contributed by atoms with Crippen LogP contribution in [-0.2, 0) is 12.8 Å². The van der Waals surface area contributed by atoms with Gasteiger partial charge in [-0.15, -0.1) is 0 Å². The fourth-order valence-electron chi connectivity index (χ4n) is 1.90. The molecule has 2 rings (SSSR count). The Bertz CT molecular complexity index is 483. The van der Waals surface area contributed by atoms with Crippen LogP contribution in [0.3, 0.4) is 0 Å². The van der Waals surface area contributed by atoms with Crippen molar-refractivity contribution in [3.05, 3.63) is 58.7 Å². The van der Waals surface area contributed by atoms with Crippen LogP contribution < -0.4 is 5.73 Å². The molecule has 0 amide bonds. The Morgan fingerprint density at radius 1 is 1.17 bits per heavy atom. The van der Waals surface area contributed by atoms with Crippen molar-refractivity contribution in [3.63, 3.8) is 0 Å². The summed E-state index contributed by atoms with van der Waals surface area (Å²) in [5.41, 5.74) is 7.60. The van der Waals surface area contributed by atoms with Gasteiger partial charge in [0.15, 0.2) is 0 Å². The van der Waals surface area contributed by atoms with E-state index in [0.717, 1.165) is 11.1 Å². The maximum Gasteiger partial charge on any atom is 0.123 e. The van der Waals surface area contributed by atoms with Crippen LogP contribution in [-0.4, -0.2) is 16.2 Å². The monoisotopic (exact) mass is 262 g/mol. The highest BCUT2D eigenvalue weighted by atomic mass is 35.5. The van der Waals surface area contributed by atoms with E-state index < -0.39 is 6.10 Å². The number of hydrogen-bond acceptors (Lipinski definition) is 3. The zero-order valence-corrected chi connectivity index (χ0v) is 10.6. The van der Waals surface area contributed by atoms with Gasteiger partial charge in [0, 0.05) is 11.2 Å². The van der Waals surface area contributed by atoms with Crippen LogP contribution in [0.2, 0.25) is 5.02 Å². The first-order valence-electron chi connectivity index (χ1n) is 5.76. The Hall–Kier alpha value is -1.58. The van der Waals surface area contributed by atoms with Crippen molar-refractivity contribution in [1.82, 2.24) is 4.98 Å². The number of nitrogen functional groups attached to an aromatic ring is 1. The van der Waals surface area contributed by atoms with E-state index in [1.165, 1.54) is 0 Å². The molecular weight excluding hydrogens is 248 g/mol. The molecule has 0 radical (unpaired) electrons. The summed E-state index contributed by atoms with van der Waals surface area (Å²) in [5, 5.41) is 10.7. The predicted octanol–water partition coefficient (Wildman–Crippen LogP) is 2.46. The zero-order valence-electron chi connectivity index (χ0n) is 9.88. The largest absolute Gasteiger partial charge is 0.392 e. The summed E-state index contributed by atoms with van der Waals surface area (Å²) in [6, 6.07) is 11.2. The maximum atomic E-state index is 10.0. The molecule has 18 heavy (non-hydrogen) atoms. The molecule has 0 saturated heterocycles. The number of benzene rings is 1. The van der Waals surface area contributed by atoms with Gasteiger partial charge in [0.25, 0.3) is 0 Å². The molecule has 3 nitrogen and oxygen atoms in total. The number of aromatic nitrogens is 1. The van der Waals surface area contributed by atoms with Crippen LogP contribution in [0.15, 0.2) is 42.6 Å². The van der Waals surface area contributed by atoms with Crippen molar-refractivity contribution in [2.24, 2.45) is 0 Å². The number of aliphatic hydroxyl groups excluding tert-OH is 1. The maximum absolute atomic E-state index is 10.0. The van der Waals surface area contributed by atoms with Gasteiger partial charge < -0.3 is 10.8 Å². The van der Waals surface area contributed by atoms with Gasteiger partial charge >= 0.3 is 0 Å². The molecule has 1 unspecified atom stereocenters. The lowest BCUT2D eigenvalue weighted by molar-refractivity contribution is 0.175. The van der Waals surface area contributed by atoms with Gasteiger partial charge in [-0.3, -0.25) is 0 Å². The van der Waals surface area contributed by atoms with Crippen molar-refractivity contribution < 1.29 is 5.11 Å². The Balaban J connectivity index is 1.98. The number of anilines is 1. The molecule has 0 fully saturated rings. The molecule has 3 N–H and O–H groups in total. The third-order valence-corrected chi connectivity index (χ3v) is 2.91. The molecule has 4 heteroatoms. The highest BCUT2D eigenvalue weighted by Gasteiger charge is 2.07. The van der Waals surface area contributed by atoms with E-state index in [1.54, 1.807) is 12.3 Å². The molecule has 1 heterocycles. The van der Waals surface area contributed by atoms with E-state index in [4.69, 9.17) is 17.3 Å². The lowest BCUT2D eigenvalue weighted by atomic mass is 10.0. The summed E-state index contributed by atoms with van der Waals surface area (Å²) in [4.78, 5) is 3.92. The average molecular weight is 263 g/mol. The molecule has 0 bridgehead atoms. The molecule has 1 aromatic carbocycles. The van der Waals surface area contributed by atoms with Gasteiger partial charge in [-0.05, 0) is 48.2 Å². The number of pyridine rings is 1. The minimum atomic E-state index is -0.453. The number of aliphatic hydroxyl groups is 1. The van der Waals surface area contributed by atoms with Crippen LogP contribution in [0.5, 0.6) is 0 Å². The quantitative estimate of drug-likeness (QED) is 0.890. The summed E-state index contributed by atoms with van der Waals surface area (Å²) in [6.07, 6.45) is 2.32. The van der Waals surface area contributed by atoms with E-state index in [0.29, 0.717) is 23.7 Å². The number of nitrogens with two attached hydrogens (primary N) is 1. The van der Waals surface area contributed by atoms with Gasteiger partial charge in [0.05, 0.1) is 6.10 Å². The molecule has 1 atom stereocenters. The van der Waals surface area contributed by atoms with Gasteiger partial charge in [-0.25, -0.2) is 4.98 Å². The van der Waals surface area contributed by atoms with Crippen molar-refractivity contribution in [3.8, 4) is 0 Å². The molecule has 94 valence electrons. The minimum absolute atomic E-state index is 0.453. The number of halogens is 1. The fourth-order valence-corrected chi connectivity index (χ4v) is 2.11. The normalized spacial score (nSPS) is 12.3. The third kappa shape index (κ3) is 3.72. The first kappa shape index (κ1) is 12.9. The van der Waals surface area contributed by atoms with E-state index >= 15 is 0 Å². The van der Waals surface area contributed by atoms with Crippen molar-refractivity contribution >= 4 is 17.4 Å². The summed E-state index contributed by atoms with van der Waals surface area (Å²) >= 11 is 5.90. The SMILES string of the molecule is Nc1cc(CC(O)Cc2cccc(Cl)c2)ccn1. The second-order valence-electron chi connectivity index (χ2n) is 4.28. The molecule has 0 saturated carbocycles. The molecule has 1 aromatic heterocycles. The third-order valence-electron chi connectivity index (χ3n) is 2.68. The van der Waals surface area contributed by atoms with Gasteiger partial charge in [-0.2, -0.15) is 0 Å².